The lowest BCUT2D eigenvalue weighted by molar-refractivity contribution is 0.597. The maximum Gasteiger partial charge on any atom is 0.00726 e. The van der Waals surface area contributed by atoms with Gasteiger partial charge in [0.2, 0.25) is 0 Å². The molecule has 0 radical (unpaired) electrons. The second kappa shape index (κ2) is 7.43. The summed E-state index contributed by atoms with van der Waals surface area (Å²) < 4.78 is 0. The number of hydrogen-bond donors (Lipinski definition) is 1. The molecule has 0 spiro atoms. The van der Waals surface area contributed by atoms with E-state index in [1.807, 2.05) is 13.0 Å². The Morgan fingerprint density at radius 1 is 1.09 bits per heavy atom. The van der Waals surface area contributed by atoms with E-state index in [0.29, 0.717) is 0 Å². The van der Waals surface area contributed by atoms with Crippen LogP contribution in [0, 0.1) is 5.41 Å². The third-order valence-electron chi connectivity index (χ3n) is 4.20. The summed E-state index contributed by atoms with van der Waals surface area (Å²) in [6.45, 7) is 10.3. The molecule has 2 N–H and O–H groups in total. The summed E-state index contributed by atoms with van der Waals surface area (Å²) >= 11 is 0. The van der Waals surface area contributed by atoms with Crippen molar-refractivity contribution in [1.82, 2.24) is 0 Å². The standard InChI is InChI=1S/C22H27N/c1-5-22(3,4)21-10-6-8-19(9-7-11-21)20-14-12-18(13-15-20)16-17(2)23/h5-15,17H,1,16,23H2,2-4H3/b8-6+,9-7?,10-6?,11-7-,19-8?,19-9+,21-10-,21-11?/t17-/m1/s1. The molecule has 0 heterocycles. The summed E-state index contributed by atoms with van der Waals surface area (Å²) in [7, 11) is 0. The summed E-state index contributed by atoms with van der Waals surface area (Å²) in [6, 6.07) is 8.86. The molecule has 0 aliphatic heterocycles. The average molecular weight is 305 g/mol. The van der Waals surface area contributed by atoms with Gasteiger partial charge in [-0.1, -0.05) is 80.6 Å². The van der Waals surface area contributed by atoms with Crippen LogP contribution in [0.3, 0.4) is 0 Å². The zero-order valence-electron chi connectivity index (χ0n) is 14.4. The predicted molar refractivity (Wildman–Crippen MR) is 102 cm³/mol. The molecule has 0 fully saturated rings. The smallest absolute Gasteiger partial charge is 0.00726 e. The highest BCUT2D eigenvalue weighted by atomic mass is 14.6. The molecule has 120 valence electrons. The molecule has 23 heavy (non-hydrogen) atoms. The number of nitrogens with two attached hydrogens (primary N) is 1. The summed E-state index contributed by atoms with van der Waals surface area (Å²) in [4.78, 5) is 0. The second-order valence-electron chi connectivity index (χ2n) is 6.77. The van der Waals surface area contributed by atoms with E-state index >= 15 is 0 Å². The van der Waals surface area contributed by atoms with Crippen LogP contribution >= 0.6 is 0 Å². The molecular weight excluding hydrogens is 278 g/mol. The fraction of sp³-hybridized carbons (Fsp3) is 0.273. The van der Waals surface area contributed by atoms with E-state index < -0.39 is 0 Å². The van der Waals surface area contributed by atoms with Crippen molar-refractivity contribution in [3.63, 3.8) is 0 Å². The molecule has 0 saturated carbocycles. The number of hydrogen-bond acceptors (Lipinski definition) is 1. The van der Waals surface area contributed by atoms with Crippen molar-refractivity contribution in [3.8, 4) is 0 Å². The molecule has 1 aromatic rings. The van der Waals surface area contributed by atoms with Gasteiger partial charge in [0.1, 0.15) is 0 Å². The minimum absolute atomic E-state index is 0.0211. The quantitative estimate of drug-likeness (QED) is 0.741. The van der Waals surface area contributed by atoms with E-state index in [4.69, 9.17) is 5.73 Å². The van der Waals surface area contributed by atoms with E-state index in [9.17, 15) is 0 Å². The molecule has 0 aromatic heterocycles. The fourth-order valence-electron chi connectivity index (χ4n) is 2.57. The van der Waals surface area contributed by atoms with E-state index in [2.05, 4.69) is 81.1 Å². The Kier molecular flexibility index (Phi) is 5.57. The molecule has 0 amide bonds. The summed E-state index contributed by atoms with van der Waals surface area (Å²) in [5.74, 6) is 0. The average Bonchev–Trinajstić information content (AvgIpc) is 2.47. The topological polar surface area (TPSA) is 26.0 Å². The third kappa shape index (κ3) is 4.67. The molecule has 0 unspecified atom stereocenters. The monoisotopic (exact) mass is 305 g/mol. The van der Waals surface area contributed by atoms with Crippen molar-refractivity contribution in [1.29, 1.82) is 0 Å². The van der Waals surface area contributed by atoms with Crippen LogP contribution in [0.1, 0.15) is 31.9 Å². The first-order chi connectivity index (χ1) is 10.9. The van der Waals surface area contributed by atoms with Gasteiger partial charge >= 0.3 is 0 Å². The molecule has 1 nitrogen and oxygen atoms in total. The highest BCUT2D eigenvalue weighted by molar-refractivity contribution is 5.76. The second-order valence-corrected chi connectivity index (χ2v) is 6.77. The Morgan fingerprint density at radius 2 is 1.74 bits per heavy atom. The van der Waals surface area contributed by atoms with Crippen LogP contribution in [0.4, 0.5) is 0 Å². The zero-order chi connectivity index (χ0) is 16.9. The Bertz CT molecular complexity index is 664. The molecule has 1 aliphatic carbocycles. The van der Waals surface area contributed by atoms with Crippen LogP contribution in [-0.4, -0.2) is 6.04 Å². The van der Waals surface area contributed by atoms with Crippen LogP contribution in [-0.2, 0) is 6.42 Å². The van der Waals surface area contributed by atoms with Crippen molar-refractivity contribution in [2.24, 2.45) is 11.1 Å². The van der Waals surface area contributed by atoms with Crippen LogP contribution < -0.4 is 5.73 Å². The Labute approximate surface area is 140 Å². The van der Waals surface area contributed by atoms with Crippen LogP contribution in [0.5, 0.6) is 0 Å². The van der Waals surface area contributed by atoms with Gasteiger partial charge in [0, 0.05) is 11.5 Å². The number of allylic oxidation sites excluding steroid dienone is 9. The number of rotatable bonds is 5. The van der Waals surface area contributed by atoms with Crippen molar-refractivity contribution < 1.29 is 0 Å². The van der Waals surface area contributed by atoms with Crippen LogP contribution in [0.2, 0.25) is 0 Å². The highest BCUT2D eigenvalue weighted by Gasteiger charge is 2.16. The first kappa shape index (κ1) is 17.2. The molecule has 0 bridgehead atoms. The lowest BCUT2D eigenvalue weighted by Crippen LogP contribution is -2.17. The van der Waals surface area contributed by atoms with Crippen molar-refractivity contribution in [3.05, 3.63) is 90.1 Å². The number of benzene rings is 1. The Morgan fingerprint density at radius 3 is 2.35 bits per heavy atom. The van der Waals surface area contributed by atoms with Crippen LogP contribution in [0.25, 0.3) is 5.57 Å². The van der Waals surface area contributed by atoms with E-state index in [0.717, 1.165) is 6.42 Å². The van der Waals surface area contributed by atoms with Crippen molar-refractivity contribution in [2.75, 3.05) is 0 Å². The largest absolute Gasteiger partial charge is 0.328 e. The molecule has 0 saturated heterocycles. The van der Waals surface area contributed by atoms with Gasteiger partial charge in [-0.25, -0.2) is 0 Å². The van der Waals surface area contributed by atoms with E-state index in [1.165, 1.54) is 22.3 Å². The van der Waals surface area contributed by atoms with Gasteiger partial charge in [-0.2, -0.15) is 0 Å². The third-order valence-corrected chi connectivity index (χ3v) is 4.20. The molecule has 2 rings (SSSR count). The Balaban J connectivity index is 2.19. The predicted octanol–water partition coefficient (Wildman–Crippen LogP) is 5.22. The summed E-state index contributed by atoms with van der Waals surface area (Å²) in [5, 5.41) is 0. The van der Waals surface area contributed by atoms with Gasteiger partial charge in [-0.05, 0) is 35.6 Å². The van der Waals surface area contributed by atoms with Gasteiger partial charge in [0.15, 0.2) is 0 Å². The molecule has 1 aliphatic rings. The van der Waals surface area contributed by atoms with Gasteiger partial charge in [-0.3, -0.25) is 0 Å². The molecular formula is C22H27N. The van der Waals surface area contributed by atoms with Crippen LogP contribution in [0.15, 0.2) is 78.9 Å². The van der Waals surface area contributed by atoms with Gasteiger partial charge < -0.3 is 5.73 Å². The minimum atomic E-state index is -0.0211. The minimum Gasteiger partial charge on any atom is -0.328 e. The maximum atomic E-state index is 5.86. The van der Waals surface area contributed by atoms with Crippen molar-refractivity contribution in [2.45, 2.75) is 33.2 Å². The van der Waals surface area contributed by atoms with Gasteiger partial charge in [0.25, 0.3) is 0 Å². The first-order valence-electron chi connectivity index (χ1n) is 8.18. The van der Waals surface area contributed by atoms with Gasteiger partial charge in [-0.15, -0.1) is 6.58 Å². The Hall–Kier alpha value is -2.12. The highest BCUT2D eigenvalue weighted by Crippen LogP contribution is 2.30. The SMILES string of the molecule is C=CC(C)(C)C1=C\C=C\C(c2ccc(C[C@@H](C)N)cc2)=C/C=C\1. The first-order valence-corrected chi connectivity index (χ1v) is 8.18. The fourth-order valence-corrected chi connectivity index (χ4v) is 2.57. The normalized spacial score (nSPS) is 23.5. The zero-order valence-corrected chi connectivity index (χ0v) is 14.4. The van der Waals surface area contributed by atoms with Gasteiger partial charge in [0.05, 0.1) is 0 Å². The lowest BCUT2D eigenvalue weighted by Gasteiger charge is -2.21. The maximum absolute atomic E-state index is 5.86. The lowest BCUT2D eigenvalue weighted by atomic mass is 9.83. The molecule has 1 aromatic carbocycles. The van der Waals surface area contributed by atoms with E-state index in [1.54, 1.807) is 0 Å². The molecule has 1 heteroatoms. The van der Waals surface area contributed by atoms with E-state index in [-0.39, 0.29) is 11.5 Å². The van der Waals surface area contributed by atoms with Crippen molar-refractivity contribution >= 4 is 5.57 Å². The summed E-state index contributed by atoms with van der Waals surface area (Å²) in [5.41, 5.74) is 10.8. The molecule has 1 atom stereocenters. The summed E-state index contributed by atoms with van der Waals surface area (Å²) in [6.07, 6.45) is 15.8.